The third-order valence-electron chi connectivity index (χ3n) is 11.9. The molecule has 0 spiro atoms. The molecule has 7 nitrogen and oxygen atoms in total. The number of allylic oxidation sites excluding steroid dienone is 4. The first-order chi connectivity index (χ1) is 20.3. The second kappa shape index (κ2) is 18.9. The third-order valence-corrected chi connectivity index (χ3v) is 11.9. The zero-order chi connectivity index (χ0) is 34.6. The molecule has 2 fully saturated rings. The summed E-state index contributed by atoms with van der Waals surface area (Å²) in [5, 5.41) is 54.6. The topological polar surface area (TPSA) is 131 Å². The smallest absolute Gasteiger partial charge is 0.157 e. The lowest BCUT2D eigenvalue weighted by atomic mass is 9.70. The molecule has 260 valence electrons. The molecule has 1 saturated heterocycles. The minimum absolute atomic E-state index is 0.0162. The Morgan fingerprint density at radius 3 is 1.82 bits per heavy atom. The van der Waals surface area contributed by atoms with Crippen LogP contribution in [0, 0.1) is 52.3 Å². The van der Waals surface area contributed by atoms with E-state index in [1.807, 2.05) is 13.0 Å². The number of hydrogen-bond acceptors (Lipinski definition) is 7. The summed E-state index contributed by atoms with van der Waals surface area (Å²) in [6, 6.07) is 0. The molecule has 44 heavy (non-hydrogen) atoms. The zero-order valence-electron chi connectivity index (χ0n) is 29.9. The first-order valence-electron chi connectivity index (χ1n) is 16.9. The van der Waals surface area contributed by atoms with Gasteiger partial charge in [-0.15, -0.1) is 13.2 Å². The quantitative estimate of drug-likeness (QED) is 0.170. The van der Waals surface area contributed by atoms with Crippen molar-refractivity contribution in [3.63, 3.8) is 0 Å². The normalized spacial score (nSPS) is 40.2. The van der Waals surface area contributed by atoms with Gasteiger partial charge in [0.05, 0.1) is 18.8 Å². The molecule has 0 aromatic heterocycles. The van der Waals surface area contributed by atoms with Crippen LogP contribution in [-0.4, -0.2) is 74.1 Å². The second-order valence-corrected chi connectivity index (χ2v) is 14.3. The Bertz CT molecular complexity index is 863. The van der Waals surface area contributed by atoms with Gasteiger partial charge in [-0.05, 0) is 66.1 Å². The molecular formula is C37H70O7. The average molecular weight is 627 g/mol. The van der Waals surface area contributed by atoms with E-state index in [1.54, 1.807) is 0 Å². The van der Waals surface area contributed by atoms with Crippen molar-refractivity contribution in [2.24, 2.45) is 52.3 Å². The van der Waals surface area contributed by atoms with E-state index in [0.717, 1.165) is 24.7 Å². The zero-order valence-corrected chi connectivity index (χ0v) is 29.9. The summed E-state index contributed by atoms with van der Waals surface area (Å²) >= 11 is 0. The third kappa shape index (κ3) is 10.8. The number of ether oxygens (including phenoxy) is 1. The highest BCUT2D eigenvalue weighted by Gasteiger charge is 2.51. The highest BCUT2D eigenvalue weighted by Crippen LogP contribution is 2.43. The van der Waals surface area contributed by atoms with Crippen LogP contribution in [-0.2, 0) is 4.74 Å². The van der Waals surface area contributed by atoms with Crippen LogP contribution in [0.5, 0.6) is 0 Å². The summed E-state index contributed by atoms with van der Waals surface area (Å²) < 4.78 is 5.29. The molecule has 1 unspecified atom stereocenters. The number of rotatable bonds is 9. The summed E-state index contributed by atoms with van der Waals surface area (Å²) in [5.74, 6) is 3.04. The molecule has 0 aromatic rings. The van der Waals surface area contributed by atoms with Gasteiger partial charge in [0, 0.05) is 18.4 Å². The fraction of sp³-hybridized carbons (Fsp3) is 0.838. The van der Waals surface area contributed by atoms with Crippen LogP contribution in [0.25, 0.3) is 0 Å². The maximum Gasteiger partial charge on any atom is 0.157 e. The van der Waals surface area contributed by atoms with Crippen molar-refractivity contribution in [3.8, 4) is 0 Å². The van der Waals surface area contributed by atoms with Crippen molar-refractivity contribution >= 4 is 0 Å². The molecule has 7 heteroatoms. The molecule has 1 heterocycles. The van der Waals surface area contributed by atoms with E-state index in [-0.39, 0.29) is 24.5 Å². The Morgan fingerprint density at radius 1 is 1.02 bits per heavy atom. The van der Waals surface area contributed by atoms with Crippen molar-refractivity contribution < 1.29 is 35.4 Å². The molecule has 14 atom stereocenters. The molecule has 1 aliphatic heterocycles. The summed E-state index contributed by atoms with van der Waals surface area (Å²) in [6.07, 6.45) is 9.50. The monoisotopic (exact) mass is 627 g/mol. The molecular weight excluding hydrogens is 556 g/mol. The Hall–Kier alpha value is -1.06. The summed E-state index contributed by atoms with van der Waals surface area (Å²) in [7, 11) is 0. The first-order valence-corrected chi connectivity index (χ1v) is 16.9. The fourth-order valence-corrected chi connectivity index (χ4v) is 6.28. The van der Waals surface area contributed by atoms with Crippen LogP contribution in [0.1, 0.15) is 102 Å². The lowest BCUT2D eigenvalue weighted by Crippen LogP contribution is -2.45. The molecule has 0 amide bonds. The first kappa shape index (κ1) is 42.9. The van der Waals surface area contributed by atoms with E-state index in [0.29, 0.717) is 29.1 Å². The van der Waals surface area contributed by atoms with E-state index in [2.05, 4.69) is 101 Å². The van der Waals surface area contributed by atoms with Crippen molar-refractivity contribution in [3.05, 3.63) is 37.5 Å². The fourth-order valence-electron chi connectivity index (χ4n) is 6.28. The Balaban J connectivity index is 0.000000562. The van der Waals surface area contributed by atoms with Crippen molar-refractivity contribution in [2.75, 3.05) is 13.2 Å². The molecule has 3 rings (SSSR count). The van der Waals surface area contributed by atoms with E-state index in [4.69, 9.17) is 14.9 Å². The van der Waals surface area contributed by atoms with Gasteiger partial charge in [0.2, 0.25) is 0 Å². The molecule has 0 aromatic carbocycles. The Kier molecular flexibility index (Phi) is 18.5. The van der Waals surface area contributed by atoms with Crippen LogP contribution >= 0.6 is 0 Å². The van der Waals surface area contributed by atoms with Crippen LogP contribution in [0.2, 0.25) is 0 Å². The van der Waals surface area contributed by atoms with Gasteiger partial charge < -0.3 is 35.4 Å². The Labute approximate surface area is 270 Å². The number of hydrogen-bond donors (Lipinski definition) is 6. The van der Waals surface area contributed by atoms with Gasteiger partial charge in [0.25, 0.3) is 0 Å². The summed E-state index contributed by atoms with van der Waals surface area (Å²) in [4.78, 5) is 0. The van der Waals surface area contributed by atoms with E-state index in [1.165, 1.54) is 6.42 Å². The van der Waals surface area contributed by atoms with Crippen molar-refractivity contribution in [1.29, 1.82) is 0 Å². The van der Waals surface area contributed by atoms with E-state index < -0.39 is 36.6 Å². The SMILES string of the molecule is C=C[C@@H](C)[C@H](C)[C@](C)(C=C)CC.CC[C@@]1(C)C=C[C@@H](C)[C@@H]1C.CC[C@H]1OC(O)[C@@H](C)[C@@H]1C.OC[C@H]1C[C@](O)(CO)[C@@H](O)[C@@H]1O. The molecule has 6 N–H and O–H groups in total. The summed E-state index contributed by atoms with van der Waals surface area (Å²) in [5.41, 5.74) is -0.917. The summed E-state index contributed by atoms with van der Waals surface area (Å²) in [6.45, 7) is 31.4. The van der Waals surface area contributed by atoms with Crippen LogP contribution < -0.4 is 0 Å². The maximum atomic E-state index is 9.47. The van der Waals surface area contributed by atoms with Gasteiger partial charge in [0.1, 0.15) is 11.7 Å². The van der Waals surface area contributed by atoms with E-state index >= 15 is 0 Å². The van der Waals surface area contributed by atoms with Crippen molar-refractivity contribution in [1.82, 2.24) is 0 Å². The molecule has 3 aliphatic rings. The molecule has 2 aliphatic carbocycles. The predicted molar refractivity (Wildman–Crippen MR) is 182 cm³/mol. The van der Waals surface area contributed by atoms with Gasteiger partial charge in [-0.1, -0.05) is 100 Å². The molecule has 1 saturated carbocycles. The van der Waals surface area contributed by atoms with Gasteiger partial charge in [-0.25, -0.2) is 0 Å². The Morgan fingerprint density at radius 2 is 1.59 bits per heavy atom. The van der Waals surface area contributed by atoms with Gasteiger partial charge >= 0.3 is 0 Å². The minimum atomic E-state index is -1.66. The lowest BCUT2D eigenvalue weighted by molar-refractivity contribution is -0.111. The second-order valence-electron chi connectivity index (χ2n) is 14.3. The van der Waals surface area contributed by atoms with E-state index in [9.17, 15) is 20.4 Å². The number of aliphatic hydroxyl groups excluding tert-OH is 5. The van der Waals surface area contributed by atoms with Crippen molar-refractivity contribution in [2.45, 2.75) is 132 Å². The van der Waals surface area contributed by atoms with Gasteiger partial charge in [0.15, 0.2) is 6.29 Å². The minimum Gasteiger partial charge on any atom is -0.396 e. The number of aliphatic hydroxyl groups is 6. The average Bonchev–Trinajstić information content (AvgIpc) is 3.55. The molecule has 0 bridgehead atoms. The standard InChI is InChI=1S/C12H22.C10H18.C8H16O2.C7H14O5/c1-7-10(4)11(5)12(6,8-2)9-3;1-5-10(4)7-6-8(2)9(10)3;1-4-7-5(2)6(3)8(9)10-7;8-2-4-1-7(12,3-9)6(11)5(4)10/h7-8,10-11H,1-2,9H2,3-6H3;6-9H,5H2,1-4H3;5-9H,4H2,1-3H3;4-6,8-12H,1-3H2/t10-,11+,12-;8-,9+,10+;5-,6-,7+,8?;4-,5-,6+,7+/m1101/s1. The van der Waals surface area contributed by atoms with Crippen LogP contribution in [0.4, 0.5) is 0 Å². The van der Waals surface area contributed by atoms with Gasteiger partial charge in [-0.3, -0.25) is 0 Å². The van der Waals surface area contributed by atoms with Gasteiger partial charge in [-0.2, -0.15) is 0 Å². The predicted octanol–water partition coefficient (Wildman–Crippen LogP) is 6.12. The lowest BCUT2D eigenvalue weighted by Gasteiger charge is -2.34. The molecule has 0 radical (unpaired) electrons. The highest BCUT2D eigenvalue weighted by molar-refractivity contribution is 5.10. The highest BCUT2D eigenvalue weighted by atomic mass is 16.6. The van der Waals surface area contributed by atoms with Crippen LogP contribution in [0.3, 0.4) is 0 Å². The largest absolute Gasteiger partial charge is 0.396 e. The maximum absolute atomic E-state index is 9.47. The van der Waals surface area contributed by atoms with Crippen LogP contribution in [0.15, 0.2) is 37.5 Å².